The van der Waals surface area contributed by atoms with Gasteiger partial charge in [-0.05, 0) is 74.2 Å². The first kappa shape index (κ1) is 23.4. The van der Waals surface area contributed by atoms with Crippen LogP contribution in [0.15, 0.2) is 83.9 Å². The first-order valence-corrected chi connectivity index (χ1v) is 11.8. The topological polar surface area (TPSA) is 63.2 Å². The Morgan fingerprint density at radius 3 is 2.35 bits per heavy atom. The molecule has 0 spiro atoms. The number of para-hydroxylation sites is 1. The Labute approximate surface area is 204 Å². The Balaban J connectivity index is 1.57. The molecule has 1 aromatic heterocycles. The molecular weight excluding hydrogens is 442 g/mol. The third-order valence-electron chi connectivity index (χ3n) is 5.54. The number of hydrogen-bond donors (Lipinski definition) is 2. The third-order valence-corrected chi connectivity index (χ3v) is 6.39. The second-order valence-corrected chi connectivity index (χ2v) is 8.90. The highest BCUT2D eigenvalue weighted by Crippen LogP contribution is 2.34. The van der Waals surface area contributed by atoms with Gasteiger partial charge in [0, 0.05) is 17.4 Å². The van der Waals surface area contributed by atoms with Gasteiger partial charge in [0.1, 0.15) is 5.75 Å². The lowest BCUT2D eigenvalue weighted by atomic mass is 10.0. The molecule has 0 aliphatic carbocycles. The molecule has 0 atom stereocenters. The van der Waals surface area contributed by atoms with Crippen molar-refractivity contribution in [1.29, 1.82) is 0 Å². The van der Waals surface area contributed by atoms with E-state index in [1.807, 2.05) is 55.5 Å². The summed E-state index contributed by atoms with van der Waals surface area (Å²) in [7, 11) is 1.64. The number of carbonyl (C=O) groups is 1. The number of benzene rings is 3. The van der Waals surface area contributed by atoms with E-state index in [0.29, 0.717) is 16.9 Å². The van der Waals surface area contributed by atoms with E-state index in [4.69, 9.17) is 4.74 Å². The molecule has 0 saturated carbocycles. The summed E-state index contributed by atoms with van der Waals surface area (Å²) in [6.07, 6.45) is 1.70. The maximum atomic E-state index is 13.2. The number of hydrogen-bond acceptors (Lipinski definition) is 5. The number of carbonyl (C=O) groups excluding carboxylic acids is 1. The van der Waals surface area contributed by atoms with Crippen molar-refractivity contribution in [3.63, 3.8) is 0 Å². The lowest BCUT2D eigenvalue weighted by Gasteiger charge is -2.15. The summed E-state index contributed by atoms with van der Waals surface area (Å²) < 4.78 is 8.98. The number of nitrogens with one attached hydrogen (secondary N) is 2. The summed E-state index contributed by atoms with van der Waals surface area (Å²) in [4.78, 5) is 18.5. The molecular formula is C28H27N3O2S. The monoisotopic (exact) mass is 469 g/mol. The van der Waals surface area contributed by atoms with Crippen LogP contribution in [0.3, 0.4) is 0 Å². The Hall–Kier alpha value is -3.77. The van der Waals surface area contributed by atoms with Crippen molar-refractivity contribution in [2.24, 2.45) is 0 Å². The lowest BCUT2D eigenvalue weighted by molar-refractivity contribution is 0.102. The lowest BCUT2D eigenvalue weighted by Crippen LogP contribution is -2.14. The van der Waals surface area contributed by atoms with Crippen LogP contribution in [0.2, 0.25) is 0 Å². The van der Waals surface area contributed by atoms with Gasteiger partial charge in [-0.15, -0.1) is 0 Å². The van der Waals surface area contributed by atoms with Gasteiger partial charge >= 0.3 is 0 Å². The van der Waals surface area contributed by atoms with Crippen molar-refractivity contribution in [2.75, 3.05) is 17.1 Å². The maximum absolute atomic E-state index is 13.2. The zero-order chi connectivity index (χ0) is 24.1. The number of nitrogens with zero attached hydrogens (tertiary/aromatic N) is 1. The van der Waals surface area contributed by atoms with Crippen LogP contribution in [0.1, 0.15) is 27.0 Å². The molecule has 4 aromatic rings. The quantitative estimate of drug-likeness (QED) is 0.284. The molecule has 1 amide bonds. The van der Waals surface area contributed by atoms with Crippen molar-refractivity contribution in [3.05, 3.63) is 101 Å². The van der Waals surface area contributed by atoms with Crippen molar-refractivity contribution >= 4 is 29.2 Å². The molecule has 0 fully saturated rings. The minimum absolute atomic E-state index is 0.215. The van der Waals surface area contributed by atoms with Gasteiger partial charge in [0.15, 0.2) is 0 Å². The number of methoxy groups -OCH3 is 1. The molecule has 2 N–H and O–H groups in total. The van der Waals surface area contributed by atoms with Gasteiger partial charge < -0.3 is 14.8 Å². The number of ether oxygens (including phenoxy) is 1. The highest BCUT2D eigenvalue weighted by Gasteiger charge is 2.15. The molecule has 0 bridgehead atoms. The molecule has 0 unspecified atom stereocenters. The summed E-state index contributed by atoms with van der Waals surface area (Å²) in [5, 5.41) is 3.02. The minimum Gasteiger partial charge on any atom is -0.496 e. The van der Waals surface area contributed by atoms with E-state index < -0.39 is 0 Å². The summed E-state index contributed by atoms with van der Waals surface area (Å²) in [6.45, 7) is 6.18. The summed E-state index contributed by atoms with van der Waals surface area (Å²) in [6, 6.07) is 23.3. The number of rotatable bonds is 7. The highest BCUT2D eigenvalue weighted by atomic mass is 32.2. The first-order valence-electron chi connectivity index (χ1n) is 11.0. The molecule has 6 heteroatoms. The van der Waals surface area contributed by atoms with Gasteiger partial charge in [0.25, 0.3) is 5.91 Å². The zero-order valence-electron chi connectivity index (χ0n) is 19.7. The first-order chi connectivity index (χ1) is 16.5. The predicted molar refractivity (Wildman–Crippen MR) is 141 cm³/mol. The van der Waals surface area contributed by atoms with Crippen molar-refractivity contribution in [2.45, 2.75) is 25.7 Å². The van der Waals surface area contributed by atoms with E-state index in [0.717, 1.165) is 38.6 Å². The standard InChI is InChI=1S/C28H27N3O2S/c1-18-10-12-21(13-11-18)27-23(9-6-16-29-27)28(32)30-22-14-15-24(33-4)25(17-22)34-31-26-19(2)7-5-8-20(26)3/h5-17,31H,1-4H3,(H,30,32). The summed E-state index contributed by atoms with van der Waals surface area (Å²) >= 11 is 1.45. The molecule has 5 nitrogen and oxygen atoms in total. The molecule has 172 valence electrons. The number of anilines is 2. The SMILES string of the molecule is COc1ccc(NC(=O)c2cccnc2-c2ccc(C)cc2)cc1SNc1c(C)cccc1C. The number of amides is 1. The summed E-state index contributed by atoms with van der Waals surface area (Å²) in [5.74, 6) is 0.510. The molecule has 0 aliphatic rings. The smallest absolute Gasteiger partial charge is 0.257 e. The van der Waals surface area contributed by atoms with Crippen molar-refractivity contribution < 1.29 is 9.53 Å². The van der Waals surface area contributed by atoms with E-state index in [9.17, 15) is 4.79 Å². The molecule has 0 aliphatic heterocycles. The minimum atomic E-state index is -0.215. The Morgan fingerprint density at radius 2 is 1.65 bits per heavy atom. The third kappa shape index (κ3) is 5.24. The number of aromatic nitrogens is 1. The van der Waals surface area contributed by atoms with E-state index in [1.54, 1.807) is 25.4 Å². The van der Waals surface area contributed by atoms with Crippen LogP contribution in [-0.4, -0.2) is 18.0 Å². The van der Waals surface area contributed by atoms with Crippen LogP contribution >= 0.6 is 11.9 Å². The molecule has 4 rings (SSSR count). The average molecular weight is 470 g/mol. The second kappa shape index (κ2) is 10.4. The molecule has 0 radical (unpaired) electrons. The van der Waals surface area contributed by atoms with Gasteiger partial charge in [-0.1, -0.05) is 48.0 Å². The van der Waals surface area contributed by atoms with Crippen LogP contribution < -0.4 is 14.8 Å². The van der Waals surface area contributed by atoms with Gasteiger partial charge in [0.05, 0.1) is 29.0 Å². The van der Waals surface area contributed by atoms with Gasteiger partial charge in [-0.25, -0.2) is 0 Å². The Morgan fingerprint density at radius 1 is 0.912 bits per heavy atom. The zero-order valence-corrected chi connectivity index (χ0v) is 20.5. The van der Waals surface area contributed by atoms with E-state index in [2.05, 4.69) is 41.0 Å². The molecule has 34 heavy (non-hydrogen) atoms. The fraction of sp³-hybridized carbons (Fsp3) is 0.143. The van der Waals surface area contributed by atoms with Crippen LogP contribution in [0, 0.1) is 20.8 Å². The highest BCUT2D eigenvalue weighted by molar-refractivity contribution is 8.00. The molecule has 3 aromatic carbocycles. The fourth-order valence-electron chi connectivity index (χ4n) is 3.64. The number of pyridine rings is 1. The van der Waals surface area contributed by atoms with Crippen molar-refractivity contribution in [1.82, 2.24) is 4.98 Å². The van der Waals surface area contributed by atoms with Gasteiger partial charge in [-0.2, -0.15) is 0 Å². The predicted octanol–water partition coefficient (Wildman–Crippen LogP) is 7.05. The second-order valence-electron chi connectivity index (χ2n) is 8.06. The molecule has 0 saturated heterocycles. The fourth-order valence-corrected chi connectivity index (χ4v) is 4.62. The van der Waals surface area contributed by atoms with Gasteiger partial charge in [0.2, 0.25) is 0 Å². The van der Waals surface area contributed by atoms with Crippen LogP contribution in [0.4, 0.5) is 11.4 Å². The van der Waals surface area contributed by atoms with Crippen molar-refractivity contribution in [3.8, 4) is 17.0 Å². The Bertz CT molecular complexity index is 1300. The largest absolute Gasteiger partial charge is 0.496 e. The van der Waals surface area contributed by atoms with Crippen LogP contribution in [0.5, 0.6) is 5.75 Å². The van der Waals surface area contributed by atoms with Crippen LogP contribution in [0.25, 0.3) is 11.3 Å². The summed E-state index contributed by atoms with van der Waals surface area (Å²) in [5.41, 5.74) is 7.30. The number of aryl methyl sites for hydroxylation is 3. The maximum Gasteiger partial charge on any atom is 0.257 e. The molecule has 1 heterocycles. The van der Waals surface area contributed by atoms with E-state index >= 15 is 0 Å². The van der Waals surface area contributed by atoms with E-state index in [1.165, 1.54) is 11.9 Å². The Kier molecular flexibility index (Phi) is 7.18. The van der Waals surface area contributed by atoms with Gasteiger partial charge in [-0.3, -0.25) is 9.78 Å². The van der Waals surface area contributed by atoms with Crippen LogP contribution in [-0.2, 0) is 0 Å². The normalized spacial score (nSPS) is 10.6. The van der Waals surface area contributed by atoms with E-state index in [-0.39, 0.29) is 5.91 Å². The average Bonchev–Trinajstić information content (AvgIpc) is 2.84.